The number of aromatic nitrogens is 2. The van der Waals surface area contributed by atoms with Crippen LogP contribution in [-0.2, 0) is 13.1 Å². The van der Waals surface area contributed by atoms with E-state index in [4.69, 9.17) is 23.2 Å². The number of halogens is 2. The molecule has 5 nitrogen and oxygen atoms in total. The fraction of sp³-hybridized carbons (Fsp3) is 0.304. The maximum absolute atomic E-state index is 11.4. The molecule has 0 aliphatic carbocycles. The Morgan fingerprint density at radius 3 is 2.35 bits per heavy atom. The van der Waals surface area contributed by atoms with Crippen LogP contribution in [0.25, 0.3) is 0 Å². The number of pyridine rings is 1. The monoisotopic (exact) mass is 476 g/mol. The van der Waals surface area contributed by atoms with E-state index in [0.29, 0.717) is 16.6 Å². The molecule has 164 valence electrons. The van der Waals surface area contributed by atoms with Crippen LogP contribution in [-0.4, -0.2) is 27.6 Å². The first-order valence-corrected chi connectivity index (χ1v) is 11.4. The molecule has 0 aliphatic rings. The third-order valence-electron chi connectivity index (χ3n) is 5.07. The van der Waals surface area contributed by atoms with Crippen LogP contribution in [0, 0.1) is 6.92 Å². The van der Waals surface area contributed by atoms with Crippen molar-refractivity contribution in [3.63, 3.8) is 0 Å². The molecular weight excluding hydrogens is 453 g/mol. The molecule has 2 aromatic heterocycles. The van der Waals surface area contributed by atoms with Crippen molar-refractivity contribution < 1.29 is 9.90 Å². The quantitative estimate of drug-likeness (QED) is 0.445. The third-order valence-corrected chi connectivity index (χ3v) is 6.61. The summed E-state index contributed by atoms with van der Waals surface area (Å²) in [7, 11) is 1.53. The highest BCUT2D eigenvalue weighted by Gasteiger charge is 2.24. The van der Waals surface area contributed by atoms with Gasteiger partial charge in [-0.15, -0.1) is 0 Å². The van der Waals surface area contributed by atoms with Crippen LogP contribution in [0.3, 0.4) is 0 Å². The van der Waals surface area contributed by atoms with Crippen molar-refractivity contribution in [2.75, 3.05) is 7.05 Å². The topological polar surface area (TPSA) is 61.2 Å². The highest BCUT2D eigenvalue weighted by molar-refractivity contribution is 7.99. The number of hydrogen-bond acceptors (Lipinski definition) is 4. The second-order valence-corrected chi connectivity index (χ2v) is 9.64. The maximum Gasteiger partial charge on any atom is 0.136 e. The molecule has 1 amide bonds. The summed E-state index contributed by atoms with van der Waals surface area (Å²) in [5, 5.41) is 13.6. The largest absolute Gasteiger partial charge is 0.530 e. The van der Waals surface area contributed by atoms with Crippen LogP contribution < -0.4 is 5.11 Å². The van der Waals surface area contributed by atoms with Gasteiger partial charge in [-0.1, -0.05) is 48.8 Å². The summed E-state index contributed by atoms with van der Waals surface area (Å²) in [5.41, 5.74) is 4.23. The lowest BCUT2D eigenvalue weighted by atomic mass is 10.0. The first-order valence-electron chi connectivity index (χ1n) is 9.84. The maximum atomic E-state index is 11.4. The lowest BCUT2D eigenvalue weighted by Gasteiger charge is -2.21. The Labute approximate surface area is 197 Å². The average Bonchev–Trinajstić information content (AvgIpc) is 2.93. The van der Waals surface area contributed by atoms with Gasteiger partial charge in [0.15, 0.2) is 0 Å². The van der Waals surface area contributed by atoms with Gasteiger partial charge in [-0.3, -0.25) is 4.98 Å². The van der Waals surface area contributed by atoms with Gasteiger partial charge in [-0.2, -0.15) is 0 Å². The first kappa shape index (κ1) is 23.5. The van der Waals surface area contributed by atoms with Gasteiger partial charge in [-0.05, 0) is 59.9 Å². The molecule has 3 aromatic rings. The molecule has 0 unspecified atom stereocenters. The lowest BCUT2D eigenvalue weighted by Crippen LogP contribution is -2.38. The van der Waals surface area contributed by atoms with Crippen LogP contribution in [0.4, 0.5) is 4.79 Å². The van der Waals surface area contributed by atoms with Crippen LogP contribution >= 0.6 is 35.0 Å². The van der Waals surface area contributed by atoms with Gasteiger partial charge in [0, 0.05) is 53.2 Å². The summed E-state index contributed by atoms with van der Waals surface area (Å²) in [4.78, 5) is 17.6. The predicted octanol–water partition coefficient (Wildman–Crippen LogP) is 5.60. The van der Waals surface area contributed by atoms with Gasteiger partial charge in [0.2, 0.25) is 0 Å². The molecule has 0 atom stereocenters. The zero-order chi connectivity index (χ0) is 22.7. The fourth-order valence-corrected chi connectivity index (χ4v) is 5.58. The molecule has 0 fully saturated rings. The molecule has 0 bridgehead atoms. The normalized spacial score (nSPS) is 11.2. The molecule has 0 spiro atoms. The minimum Gasteiger partial charge on any atom is -0.530 e. The Morgan fingerprint density at radius 1 is 1.19 bits per heavy atom. The van der Waals surface area contributed by atoms with E-state index in [1.165, 1.54) is 11.9 Å². The number of benzene rings is 1. The summed E-state index contributed by atoms with van der Waals surface area (Å²) in [6, 6.07) is 9.43. The van der Waals surface area contributed by atoms with Crippen molar-refractivity contribution in [2.45, 2.75) is 49.7 Å². The van der Waals surface area contributed by atoms with Crippen molar-refractivity contribution in [3.8, 4) is 0 Å². The summed E-state index contributed by atoms with van der Waals surface area (Å²) < 4.78 is 2.22. The van der Waals surface area contributed by atoms with Crippen LogP contribution in [0.1, 0.15) is 42.1 Å². The number of hydrogen-bond donors (Lipinski definition) is 0. The van der Waals surface area contributed by atoms with Gasteiger partial charge in [0.05, 0.1) is 5.03 Å². The Morgan fingerprint density at radius 2 is 1.81 bits per heavy atom. The van der Waals surface area contributed by atoms with E-state index in [1.54, 1.807) is 30.2 Å². The van der Waals surface area contributed by atoms with Crippen molar-refractivity contribution in [2.24, 2.45) is 0 Å². The van der Waals surface area contributed by atoms with Crippen molar-refractivity contribution >= 4 is 41.1 Å². The second-order valence-electron chi connectivity index (χ2n) is 7.71. The molecule has 8 heteroatoms. The molecule has 1 aromatic carbocycles. The van der Waals surface area contributed by atoms with Gasteiger partial charge >= 0.3 is 0 Å². The van der Waals surface area contributed by atoms with E-state index in [-0.39, 0.29) is 12.5 Å². The second kappa shape index (κ2) is 9.98. The summed E-state index contributed by atoms with van der Waals surface area (Å²) in [6.07, 6.45) is 2.34. The number of carbonyl (C=O) groups excluding carboxylic acids is 1. The summed E-state index contributed by atoms with van der Waals surface area (Å²) in [6.45, 7) is 7.15. The van der Waals surface area contributed by atoms with E-state index < -0.39 is 6.09 Å². The molecule has 0 saturated heterocycles. The van der Waals surface area contributed by atoms with Crippen LogP contribution in [0.2, 0.25) is 10.0 Å². The van der Waals surface area contributed by atoms with Gasteiger partial charge in [0.25, 0.3) is 0 Å². The summed E-state index contributed by atoms with van der Waals surface area (Å²) >= 11 is 14.1. The fourth-order valence-electron chi connectivity index (χ4n) is 3.55. The molecule has 0 aliphatic heterocycles. The van der Waals surface area contributed by atoms with Crippen molar-refractivity contribution in [1.82, 2.24) is 14.5 Å². The Bertz CT molecular complexity index is 1060. The first-order chi connectivity index (χ1) is 14.7. The number of nitrogens with zero attached hydrogens (tertiary/aromatic N) is 3. The molecule has 2 heterocycles. The van der Waals surface area contributed by atoms with E-state index in [1.807, 2.05) is 31.2 Å². The number of carboxylic acid groups (broad SMARTS) is 1. The van der Waals surface area contributed by atoms with Gasteiger partial charge in [0.1, 0.15) is 6.09 Å². The minimum atomic E-state index is -1.20. The minimum absolute atomic E-state index is 0.180. The summed E-state index contributed by atoms with van der Waals surface area (Å²) in [5.74, 6) is 0.180. The highest BCUT2D eigenvalue weighted by Crippen LogP contribution is 2.41. The van der Waals surface area contributed by atoms with Crippen LogP contribution in [0.15, 0.2) is 52.6 Å². The molecule has 3 rings (SSSR count). The molecule has 0 N–H and O–H groups in total. The Hall–Kier alpha value is -2.15. The SMILES string of the molecule is Cc1c(CN(C)C(=O)[O-])c(C(C)C)c(Sc2cc(Cl)cc(Cl)c2)n1Cc1ccncc1. The zero-order valence-corrected chi connectivity index (χ0v) is 20.2. The standard InChI is InChI=1S/C23H25Cl2N3O2S/c1-14(2)21-20(13-27(4)23(29)30)15(3)28(12-16-5-7-26-8-6-16)22(21)31-19-10-17(24)9-18(25)11-19/h5-11,14H,12-13H2,1-4H3,(H,29,30)/p-1. The van der Waals surface area contributed by atoms with E-state index in [0.717, 1.165) is 32.3 Å². The lowest BCUT2D eigenvalue weighted by molar-refractivity contribution is -0.264. The Balaban J connectivity index is 2.17. The van der Waals surface area contributed by atoms with Crippen molar-refractivity contribution in [3.05, 3.63) is 75.2 Å². The van der Waals surface area contributed by atoms with Crippen molar-refractivity contribution in [1.29, 1.82) is 0 Å². The Kier molecular flexibility index (Phi) is 7.57. The molecular formula is C23H24Cl2N3O2S-. The van der Waals surface area contributed by atoms with Crippen LogP contribution in [0.5, 0.6) is 0 Å². The highest BCUT2D eigenvalue weighted by atomic mass is 35.5. The number of amides is 1. The van der Waals surface area contributed by atoms with E-state index in [2.05, 4.69) is 23.4 Å². The van der Waals surface area contributed by atoms with Gasteiger partial charge < -0.3 is 19.4 Å². The third kappa shape index (κ3) is 5.56. The smallest absolute Gasteiger partial charge is 0.136 e. The molecule has 31 heavy (non-hydrogen) atoms. The number of carbonyl (C=O) groups is 1. The van der Waals surface area contributed by atoms with Gasteiger partial charge in [-0.25, -0.2) is 0 Å². The van der Waals surface area contributed by atoms with E-state index >= 15 is 0 Å². The van der Waals surface area contributed by atoms with E-state index in [9.17, 15) is 9.90 Å². The number of rotatable bonds is 7. The predicted molar refractivity (Wildman–Crippen MR) is 124 cm³/mol. The zero-order valence-electron chi connectivity index (χ0n) is 17.9. The molecule has 0 radical (unpaired) electrons. The molecule has 0 saturated carbocycles. The average molecular weight is 477 g/mol.